The van der Waals surface area contributed by atoms with Crippen LogP contribution in [-0.4, -0.2) is 37.5 Å². The minimum absolute atomic E-state index is 0.143. The summed E-state index contributed by atoms with van der Waals surface area (Å²) in [5.41, 5.74) is 1.88. The average Bonchev–Trinajstić information content (AvgIpc) is 3.07. The minimum atomic E-state index is -4.36. The fraction of sp³-hybridized carbons (Fsp3) is 0. The Kier molecular flexibility index (Phi) is 12.5. The number of fused-ring (bicyclic) bond motifs is 2. The van der Waals surface area contributed by atoms with E-state index in [1.807, 2.05) is 0 Å². The van der Waals surface area contributed by atoms with Crippen LogP contribution in [0, 0.1) is 27.8 Å². The van der Waals surface area contributed by atoms with E-state index in [0.717, 1.165) is 0 Å². The molecule has 2 aliphatic rings. The molecule has 248 valence electrons. The Hall–Kier alpha value is -4.75. The van der Waals surface area contributed by atoms with Crippen molar-refractivity contribution in [2.75, 3.05) is 10.6 Å². The second-order valence-corrected chi connectivity index (χ2v) is 13.5. The molecule has 0 heterocycles. The molecule has 0 unspecified atom stereocenters. The number of ketones is 2. The number of rotatable bonds is 6. The first-order valence-corrected chi connectivity index (χ1v) is 20.3. The van der Waals surface area contributed by atoms with Crippen LogP contribution in [0.25, 0.3) is 21.5 Å². The van der Waals surface area contributed by atoms with Crippen LogP contribution in [0.15, 0.2) is 155 Å². The van der Waals surface area contributed by atoms with E-state index in [0.29, 0.717) is 44.1 Å². The molecule has 49 heavy (non-hydrogen) atoms. The van der Waals surface area contributed by atoms with Crippen LogP contribution in [-0.2, 0) is 34.3 Å². The number of anilines is 2. The number of hydrogen-bond donors (Lipinski definition) is 4. The molecule has 0 fully saturated rings. The van der Waals surface area contributed by atoms with Crippen molar-refractivity contribution in [1.29, 1.82) is 0 Å². The van der Waals surface area contributed by atoms with Gasteiger partial charge in [0.05, 0.1) is 0 Å². The molecule has 0 aromatic heterocycles. The molecule has 4 N–H and O–H groups in total. The van der Waals surface area contributed by atoms with E-state index in [-0.39, 0.29) is 21.4 Å². The van der Waals surface area contributed by atoms with Crippen molar-refractivity contribution in [3.05, 3.63) is 145 Å². The first-order chi connectivity index (χ1) is 23.3. The van der Waals surface area contributed by atoms with Crippen LogP contribution in [0.4, 0.5) is 11.4 Å². The maximum absolute atomic E-state index is 11.7. The zero-order valence-corrected chi connectivity index (χ0v) is 31.0. The van der Waals surface area contributed by atoms with E-state index in [4.69, 9.17) is 4.47 Å². The van der Waals surface area contributed by atoms with Crippen molar-refractivity contribution in [2.45, 2.75) is 9.79 Å². The normalized spacial score (nSPS) is 15.4. The second-order valence-electron chi connectivity index (χ2n) is 10.0. The fourth-order valence-corrected chi connectivity index (χ4v) is 6.27. The van der Waals surface area contributed by atoms with Crippen molar-refractivity contribution in [2.24, 2.45) is 0 Å². The Morgan fingerprint density at radius 1 is 0.531 bits per heavy atom. The van der Waals surface area contributed by atoms with E-state index < -0.39 is 48.1 Å². The third-order valence-corrected chi connectivity index (χ3v) is 8.69. The van der Waals surface area contributed by atoms with Crippen molar-refractivity contribution < 1.29 is 67.8 Å². The second kappa shape index (κ2) is 16.6. The molecule has 2 aliphatic carbocycles. The van der Waals surface area contributed by atoms with Crippen LogP contribution in [0.1, 0.15) is 0 Å². The first-order valence-electron chi connectivity index (χ1n) is 14.0. The standard InChI is InChI=1S/2C17H13NO4S.2O.U/c2*19-15-9-2-1-5-13(15)11-18-14-8-3-6-12-7-4-10-16(17(12)14)23(20,21)22;;;/h2*1-11,18H,(H,20,21,22);;;/b2*13-11-;;;. The predicted octanol–water partition coefficient (Wildman–Crippen LogP) is 5.92. The van der Waals surface area contributed by atoms with Gasteiger partial charge in [-0.3, -0.25) is 18.7 Å². The number of nitrogens with one attached hydrogen (secondary N) is 2. The van der Waals surface area contributed by atoms with Crippen molar-refractivity contribution in [3.63, 3.8) is 0 Å². The van der Waals surface area contributed by atoms with Gasteiger partial charge in [0, 0.05) is 45.7 Å². The SMILES string of the molecule is O=C1C=CC=C/C1=C/Nc1cccc2cccc(S(=O)(=O)O)c12.O=C1C=CC=C/C1=C/Nc1cccc2cccc(S(=O)(=O)O)c12.[O]=[U]=[O]. The number of hydrogen-bond acceptors (Lipinski definition) is 10. The maximum atomic E-state index is 11.7. The van der Waals surface area contributed by atoms with Gasteiger partial charge in [0.25, 0.3) is 20.2 Å². The Morgan fingerprint density at radius 3 is 1.18 bits per heavy atom. The van der Waals surface area contributed by atoms with Crippen LogP contribution in [0.3, 0.4) is 0 Å². The third kappa shape index (κ3) is 9.67. The summed E-state index contributed by atoms with van der Waals surface area (Å²) < 4.78 is 82.4. The fourth-order valence-electron chi connectivity index (χ4n) is 4.79. The number of carbonyl (C=O) groups excluding carboxylic acids is 2. The van der Waals surface area contributed by atoms with E-state index in [1.54, 1.807) is 97.1 Å². The summed E-state index contributed by atoms with van der Waals surface area (Å²) in [6.45, 7) is 0. The van der Waals surface area contributed by atoms with Gasteiger partial charge in [0.1, 0.15) is 9.79 Å². The molecule has 0 aliphatic heterocycles. The molecule has 0 saturated heterocycles. The van der Waals surface area contributed by atoms with Crippen molar-refractivity contribution in [1.82, 2.24) is 0 Å². The quantitative estimate of drug-likeness (QED) is 0.132. The number of carbonyl (C=O) groups is 2. The number of allylic oxidation sites excluding steroid dienone is 10. The molecule has 0 saturated carbocycles. The average molecular weight is 925 g/mol. The summed E-state index contributed by atoms with van der Waals surface area (Å²) in [6.07, 6.45) is 16.0. The Balaban J connectivity index is 0.000000205. The molecule has 0 radical (unpaired) electrons. The van der Waals surface area contributed by atoms with E-state index in [2.05, 4.69) is 10.6 Å². The predicted molar refractivity (Wildman–Crippen MR) is 179 cm³/mol. The summed E-state index contributed by atoms with van der Waals surface area (Å²) in [7, 11) is -8.72. The van der Waals surface area contributed by atoms with Gasteiger partial charge in [-0.1, -0.05) is 72.8 Å². The van der Waals surface area contributed by atoms with Crippen LogP contribution in [0.2, 0.25) is 0 Å². The monoisotopic (exact) mass is 924 g/mol. The zero-order chi connectivity index (χ0) is 35.6. The Morgan fingerprint density at radius 2 is 0.857 bits per heavy atom. The summed E-state index contributed by atoms with van der Waals surface area (Å²) in [5, 5.41) is 7.98. The topological polar surface area (TPSA) is 201 Å². The summed E-state index contributed by atoms with van der Waals surface area (Å²) >= 11 is -2.51. The molecular formula is C34H26N2O10S2U. The third-order valence-electron chi connectivity index (χ3n) is 6.89. The van der Waals surface area contributed by atoms with Gasteiger partial charge in [-0.15, -0.1) is 0 Å². The molecule has 12 nitrogen and oxygen atoms in total. The summed E-state index contributed by atoms with van der Waals surface area (Å²) in [6, 6.07) is 19.7. The van der Waals surface area contributed by atoms with E-state index in [1.165, 1.54) is 36.7 Å². The Labute approximate surface area is 296 Å². The molecule has 0 atom stereocenters. The molecule has 0 spiro atoms. The van der Waals surface area contributed by atoms with Crippen molar-refractivity contribution in [3.8, 4) is 0 Å². The van der Waals surface area contributed by atoms with E-state index in [9.17, 15) is 35.5 Å². The molecule has 15 heteroatoms. The van der Waals surface area contributed by atoms with Gasteiger partial charge >= 0.3 is 32.3 Å². The molecule has 6 rings (SSSR count). The zero-order valence-electron chi connectivity index (χ0n) is 25.2. The number of benzene rings is 4. The molecule has 4 aromatic rings. The van der Waals surface area contributed by atoms with Gasteiger partial charge in [-0.05, 0) is 59.3 Å². The molecule has 0 amide bonds. The van der Waals surface area contributed by atoms with Crippen molar-refractivity contribution >= 4 is 64.7 Å². The molecule has 0 bridgehead atoms. The van der Waals surface area contributed by atoms with Gasteiger partial charge in [0.15, 0.2) is 11.6 Å². The van der Waals surface area contributed by atoms with Gasteiger partial charge in [-0.2, -0.15) is 16.8 Å². The van der Waals surface area contributed by atoms with Crippen LogP contribution < -0.4 is 10.6 Å². The van der Waals surface area contributed by atoms with Gasteiger partial charge < -0.3 is 10.6 Å². The molecule has 4 aromatic carbocycles. The van der Waals surface area contributed by atoms with Crippen LogP contribution >= 0.6 is 0 Å². The first kappa shape index (κ1) is 37.1. The van der Waals surface area contributed by atoms with Gasteiger partial charge in [-0.25, -0.2) is 0 Å². The summed E-state index contributed by atoms with van der Waals surface area (Å²) in [4.78, 5) is 23.1. The Bertz CT molecular complexity index is 2230. The summed E-state index contributed by atoms with van der Waals surface area (Å²) in [5.74, 6) is -0.287. The van der Waals surface area contributed by atoms with Gasteiger partial charge in [0.2, 0.25) is 0 Å². The van der Waals surface area contributed by atoms with E-state index >= 15 is 0 Å². The van der Waals surface area contributed by atoms with Crippen LogP contribution in [0.5, 0.6) is 0 Å². The molecular weight excluding hydrogens is 899 g/mol.